The lowest BCUT2D eigenvalue weighted by molar-refractivity contribution is -1.02. The van der Waals surface area contributed by atoms with Crippen molar-refractivity contribution in [3.05, 3.63) is 29.3 Å². The Balaban J connectivity index is 1.22. The Bertz CT molecular complexity index is 751. The van der Waals surface area contributed by atoms with Crippen LogP contribution in [-0.2, 0) is 27.3 Å². The summed E-state index contributed by atoms with van der Waals surface area (Å²) in [5, 5.41) is -0.244. The minimum absolute atomic E-state index is 0.163. The van der Waals surface area contributed by atoms with Crippen LogP contribution >= 0.6 is 11.8 Å². The first-order valence-corrected chi connectivity index (χ1v) is 11.6. The molecule has 1 atom stereocenters. The van der Waals surface area contributed by atoms with E-state index < -0.39 is 0 Å². The molecule has 0 bridgehead atoms. The van der Waals surface area contributed by atoms with Gasteiger partial charge >= 0.3 is 5.97 Å². The van der Waals surface area contributed by atoms with Gasteiger partial charge < -0.3 is 24.2 Å². The first-order valence-electron chi connectivity index (χ1n) is 10.5. The molecule has 8 heteroatoms. The number of nitrogens with zero attached hydrogens (tertiary/aromatic N) is 1. The lowest BCUT2D eigenvalue weighted by atomic mass is 10.1. The highest BCUT2D eigenvalue weighted by Crippen LogP contribution is 2.25. The number of methoxy groups -OCH3 is 1. The maximum atomic E-state index is 12.7. The van der Waals surface area contributed by atoms with Gasteiger partial charge in [-0.15, -0.1) is 11.8 Å². The molecule has 0 saturated carbocycles. The minimum Gasteiger partial charge on any atom is -0.493 e. The number of thioether (sulfide) groups is 1. The van der Waals surface area contributed by atoms with Crippen LogP contribution in [0.5, 0.6) is 5.75 Å². The van der Waals surface area contributed by atoms with E-state index in [4.69, 9.17) is 9.47 Å². The second kappa shape index (κ2) is 9.36. The van der Waals surface area contributed by atoms with Crippen LogP contribution in [-0.4, -0.2) is 87.3 Å². The van der Waals surface area contributed by atoms with Gasteiger partial charge in [0.25, 0.3) is 5.91 Å². The SMILES string of the molecule is COC(=O)[C@@H]1CN(C(=O)C[NH+]2CC[NH+](Cc3ccc4c(c3)CCO4)CC2)CCS1. The third-order valence-corrected chi connectivity index (χ3v) is 7.32. The van der Waals surface area contributed by atoms with Crippen molar-refractivity contribution in [3.8, 4) is 5.75 Å². The number of benzene rings is 1. The van der Waals surface area contributed by atoms with Crippen LogP contribution < -0.4 is 14.5 Å². The number of quaternary nitrogens is 2. The average molecular weight is 422 g/mol. The zero-order chi connectivity index (χ0) is 20.2. The number of piperazine rings is 1. The topological polar surface area (TPSA) is 64.7 Å². The normalized spacial score (nSPS) is 26.5. The van der Waals surface area contributed by atoms with Gasteiger partial charge in [0, 0.05) is 30.8 Å². The maximum absolute atomic E-state index is 12.7. The highest BCUT2D eigenvalue weighted by Gasteiger charge is 2.32. The molecule has 0 aromatic heterocycles. The summed E-state index contributed by atoms with van der Waals surface area (Å²) in [6, 6.07) is 6.59. The number of fused-ring (bicyclic) bond motifs is 1. The number of hydrogen-bond acceptors (Lipinski definition) is 5. The number of nitrogens with one attached hydrogen (secondary N) is 2. The molecule has 1 aromatic rings. The number of hydrogen-bond donors (Lipinski definition) is 2. The van der Waals surface area contributed by atoms with Crippen LogP contribution in [0.25, 0.3) is 0 Å². The summed E-state index contributed by atoms with van der Waals surface area (Å²) in [5.74, 6) is 1.78. The lowest BCUT2D eigenvalue weighted by Crippen LogP contribution is -3.28. The summed E-state index contributed by atoms with van der Waals surface area (Å²) in [7, 11) is 1.41. The van der Waals surface area contributed by atoms with E-state index in [2.05, 4.69) is 18.2 Å². The van der Waals surface area contributed by atoms with E-state index in [1.54, 1.807) is 16.7 Å². The number of amides is 1. The molecular formula is C21H31N3O4S+2. The van der Waals surface area contributed by atoms with Crippen molar-refractivity contribution in [2.45, 2.75) is 18.2 Å². The van der Waals surface area contributed by atoms with Crippen LogP contribution in [0.2, 0.25) is 0 Å². The molecule has 4 rings (SSSR count). The third-order valence-electron chi connectivity index (χ3n) is 6.16. The van der Waals surface area contributed by atoms with Crippen molar-refractivity contribution in [1.29, 1.82) is 0 Å². The molecule has 2 N–H and O–H groups in total. The van der Waals surface area contributed by atoms with Crippen molar-refractivity contribution in [2.24, 2.45) is 0 Å². The highest BCUT2D eigenvalue weighted by atomic mass is 32.2. The molecule has 1 amide bonds. The monoisotopic (exact) mass is 421 g/mol. The summed E-state index contributed by atoms with van der Waals surface area (Å²) in [6.07, 6.45) is 1.02. The van der Waals surface area contributed by atoms with Crippen molar-refractivity contribution in [1.82, 2.24) is 4.90 Å². The summed E-state index contributed by atoms with van der Waals surface area (Å²) >= 11 is 1.59. The molecule has 0 radical (unpaired) electrons. The summed E-state index contributed by atoms with van der Waals surface area (Å²) in [6.45, 7) is 7.76. The molecule has 0 aliphatic carbocycles. The molecule has 3 aliphatic rings. The highest BCUT2D eigenvalue weighted by molar-refractivity contribution is 8.00. The van der Waals surface area contributed by atoms with Gasteiger partial charge in [0.15, 0.2) is 6.54 Å². The minimum atomic E-state index is -0.244. The van der Waals surface area contributed by atoms with E-state index in [9.17, 15) is 9.59 Å². The van der Waals surface area contributed by atoms with E-state index in [1.165, 1.54) is 23.1 Å². The van der Waals surface area contributed by atoms with Gasteiger partial charge in [0.05, 0.1) is 13.7 Å². The van der Waals surface area contributed by atoms with Crippen LogP contribution in [0, 0.1) is 0 Å². The Morgan fingerprint density at radius 1 is 1.24 bits per heavy atom. The van der Waals surface area contributed by atoms with E-state index in [-0.39, 0.29) is 17.1 Å². The fraction of sp³-hybridized carbons (Fsp3) is 0.619. The van der Waals surface area contributed by atoms with Gasteiger partial charge in [-0.05, 0) is 23.8 Å². The first kappa shape index (κ1) is 20.5. The Labute approximate surface area is 176 Å². The standard InChI is InChI=1S/C21H29N3O4S/c1-27-21(26)19-14-24(9-11-29-19)20(25)15-23-7-5-22(6-8-23)13-16-2-3-18-17(12-16)4-10-28-18/h2-3,12,19H,4-11,13-15H2,1H3/p+2/t19-/m0/s1. The smallest absolute Gasteiger partial charge is 0.320 e. The Morgan fingerprint density at radius 3 is 2.83 bits per heavy atom. The molecule has 0 spiro atoms. The van der Waals surface area contributed by atoms with E-state index in [1.807, 2.05) is 4.90 Å². The van der Waals surface area contributed by atoms with E-state index in [0.717, 1.165) is 63.8 Å². The number of ether oxygens (including phenoxy) is 2. The molecule has 0 unspecified atom stereocenters. The molecule has 29 heavy (non-hydrogen) atoms. The molecule has 158 valence electrons. The van der Waals surface area contributed by atoms with Gasteiger partial charge in [-0.3, -0.25) is 9.59 Å². The van der Waals surface area contributed by atoms with E-state index in [0.29, 0.717) is 13.1 Å². The summed E-state index contributed by atoms with van der Waals surface area (Å²) < 4.78 is 10.4. The maximum Gasteiger partial charge on any atom is 0.320 e. The number of rotatable bonds is 5. The molecule has 3 aliphatic heterocycles. The van der Waals surface area contributed by atoms with Crippen LogP contribution in [0.4, 0.5) is 0 Å². The van der Waals surface area contributed by atoms with Gasteiger partial charge in [-0.25, -0.2) is 0 Å². The van der Waals surface area contributed by atoms with Crippen molar-refractivity contribution in [2.75, 3.05) is 65.3 Å². The molecule has 3 heterocycles. The molecule has 7 nitrogen and oxygen atoms in total. The van der Waals surface area contributed by atoms with Crippen LogP contribution in [0.15, 0.2) is 18.2 Å². The molecule has 2 fully saturated rings. The lowest BCUT2D eigenvalue weighted by Gasteiger charge is -2.33. The summed E-state index contributed by atoms with van der Waals surface area (Å²) in [4.78, 5) is 29.3. The Morgan fingerprint density at radius 2 is 2.03 bits per heavy atom. The fourth-order valence-electron chi connectivity index (χ4n) is 4.42. The quantitative estimate of drug-likeness (QED) is 0.540. The van der Waals surface area contributed by atoms with Crippen molar-refractivity contribution < 1.29 is 28.9 Å². The van der Waals surface area contributed by atoms with E-state index >= 15 is 0 Å². The predicted octanol–water partition coefficient (Wildman–Crippen LogP) is -1.98. The van der Waals surface area contributed by atoms with Crippen LogP contribution in [0.1, 0.15) is 11.1 Å². The first-order chi connectivity index (χ1) is 14.1. The van der Waals surface area contributed by atoms with Gasteiger partial charge in [-0.2, -0.15) is 0 Å². The zero-order valence-corrected chi connectivity index (χ0v) is 17.9. The molecular weight excluding hydrogens is 390 g/mol. The largest absolute Gasteiger partial charge is 0.493 e. The zero-order valence-electron chi connectivity index (χ0n) is 17.1. The Kier molecular flexibility index (Phi) is 6.62. The number of carbonyl (C=O) groups excluding carboxylic acids is 2. The fourth-order valence-corrected chi connectivity index (χ4v) is 5.55. The number of carbonyl (C=O) groups is 2. The van der Waals surface area contributed by atoms with Gasteiger partial charge in [-0.1, -0.05) is 0 Å². The summed E-state index contributed by atoms with van der Waals surface area (Å²) in [5.41, 5.74) is 2.71. The second-order valence-electron chi connectivity index (χ2n) is 8.12. The van der Waals surface area contributed by atoms with Gasteiger partial charge in [0.2, 0.25) is 0 Å². The molecule has 1 aromatic carbocycles. The Hall–Kier alpha value is -1.77. The molecule has 2 saturated heterocycles. The third kappa shape index (κ3) is 5.05. The average Bonchev–Trinajstić information content (AvgIpc) is 3.22. The van der Waals surface area contributed by atoms with Crippen molar-refractivity contribution >= 4 is 23.6 Å². The van der Waals surface area contributed by atoms with Gasteiger partial charge in [0.1, 0.15) is 43.7 Å². The van der Waals surface area contributed by atoms with Crippen LogP contribution in [0.3, 0.4) is 0 Å². The second-order valence-corrected chi connectivity index (χ2v) is 9.43. The van der Waals surface area contributed by atoms with Crippen molar-refractivity contribution in [3.63, 3.8) is 0 Å². The predicted molar refractivity (Wildman–Crippen MR) is 110 cm³/mol. The number of esters is 1.